The van der Waals surface area contributed by atoms with Gasteiger partial charge < -0.3 is 0 Å². The number of aryl methyl sites for hydroxylation is 1. The summed E-state index contributed by atoms with van der Waals surface area (Å²) >= 11 is 1.75. The summed E-state index contributed by atoms with van der Waals surface area (Å²) in [7, 11) is 0. The van der Waals surface area contributed by atoms with Crippen LogP contribution < -0.4 is 0 Å². The van der Waals surface area contributed by atoms with Gasteiger partial charge in [-0.05, 0) is 44.8 Å². The Morgan fingerprint density at radius 2 is 2.21 bits per heavy atom. The molecule has 19 heavy (non-hydrogen) atoms. The maximum absolute atomic E-state index is 4.55. The molecule has 1 saturated heterocycles. The molecule has 2 aromatic rings. The maximum atomic E-state index is 4.55. The highest BCUT2D eigenvalue weighted by Crippen LogP contribution is 2.20. The average Bonchev–Trinajstić information content (AvgIpc) is 3.04. The number of aromatic nitrogens is 3. The Morgan fingerprint density at radius 3 is 2.84 bits per heavy atom. The van der Waals surface area contributed by atoms with Crippen molar-refractivity contribution in [3.8, 4) is 0 Å². The van der Waals surface area contributed by atoms with Crippen molar-refractivity contribution in [3.05, 3.63) is 34.5 Å². The first kappa shape index (κ1) is 12.8. The summed E-state index contributed by atoms with van der Waals surface area (Å²) in [6.45, 7) is 6.52. The van der Waals surface area contributed by atoms with Crippen LogP contribution in [0.3, 0.4) is 0 Å². The van der Waals surface area contributed by atoms with Gasteiger partial charge in [0.1, 0.15) is 0 Å². The van der Waals surface area contributed by atoms with E-state index in [2.05, 4.69) is 38.2 Å². The molecule has 4 nitrogen and oxygen atoms in total. The van der Waals surface area contributed by atoms with E-state index in [0.717, 1.165) is 19.0 Å². The Hall–Kier alpha value is -1.20. The van der Waals surface area contributed by atoms with Crippen LogP contribution in [0, 0.1) is 12.8 Å². The molecule has 0 atom stereocenters. The molecule has 0 spiro atoms. The lowest BCUT2D eigenvalue weighted by Crippen LogP contribution is -2.34. The number of nitrogens with zero attached hydrogens (tertiary/aromatic N) is 4. The number of rotatable bonds is 4. The van der Waals surface area contributed by atoms with E-state index in [1.807, 2.05) is 12.3 Å². The molecule has 0 aromatic carbocycles. The summed E-state index contributed by atoms with van der Waals surface area (Å²) < 4.78 is 2.06. The highest BCUT2D eigenvalue weighted by Gasteiger charge is 2.20. The van der Waals surface area contributed by atoms with Crippen molar-refractivity contribution in [2.75, 3.05) is 13.1 Å². The smallest absolute Gasteiger partial charge is 0.0897 e. The van der Waals surface area contributed by atoms with Gasteiger partial charge in [-0.2, -0.15) is 5.10 Å². The van der Waals surface area contributed by atoms with Crippen LogP contribution >= 0.6 is 11.3 Å². The number of hydrogen-bond donors (Lipinski definition) is 0. The van der Waals surface area contributed by atoms with E-state index in [1.54, 1.807) is 11.3 Å². The second-order valence-electron chi connectivity index (χ2n) is 5.31. The zero-order valence-corrected chi connectivity index (χ0v) is 12.1. The summed E-state index contributed by atoms with van der Waals surface area (Å²) in [5.41, 5.74) is 1.23. The van der Waals surface area contributed by atoms with Gasteiger partial charge in [0, 0.05) is 30.9 Å². The van der Waals surface area contributed by atoms with Gasteiger partial charge in [0.2, 0.25) is 0 Å². The lowest BCUT2D eigenvalue weighted by Gasteiger charge is -2.31. The Balaban J connectivity index is 1.46. The standard InChI is InChI=1S/C14H20N4S/c1-12-16-14(11-19-12)10-17-7-3-13(4-8-17)9-18-6-2-5-15-18/h2,5-6,11,13H,3-4,7-10H2,1H3. The molecular weight excluding hydrogens is 256 g/mol. The minimum Gasteiger partial charge on any atom is -0.297 e. The van der Waals surface area contributed by atoms with Crippen molar-refractivity contribution in [2.45, 2.75) is 32.9 Å². The van der Waals surface area contributed by atoms with Crippen molar-refractivity contribution >= 4 is 11.3 Å². The monoisotopic (exact) mass is 276 g/mol. The fourth-order valence-electron chi connectivity index (χ4n) is 2.71. The molecule has 0 bridgehead atoms. The molecular formula is C14H20N4S. The molecule has 102 valence electrons. The molecule has 0 N–H and O–H groups in total. The molecule has 2 aromatic heterocycles. The third-order valence-electron chi connectivity index (χ3n) is 3.76. The molecule has 0 amide bonds. The van der Waals surface area contributed by atoms with Crippen LogP contribution in [0.2, 0.25) is 0 Å². The first-order valence-corrected chi connectivity index (χ1v) is 7.78. The van der Waals surface area contributed by atoms with Gasteiger partial charge in [0.25, 0.3) is 0 Å². The van der Waals surface area contributed by atoms with E-state index in [4.69, 9.17) is 0 Å². The highest BCUT2D eigenvalue weighted by atomic mass is 32.1. The molecule has 1 aliphatic heterocycles. The molecule has 0 unspecified atom stereocenters. The Bertz CT molecular complexity index is 497. The zero-order chi connectivity index (χ0) is 13.1. The first-order valence-electron chi connectivity index (χ1n) is 6.90. The van der Waals surface area contributed by atoms with E-state index in [9.17, 15) is 0 Å². The number of hydrogen-bond acceptors (Lipinski definition) is 4. The topological polar surface area (TPSA) is 34.0 Å². The second-order valence-corrected chi connectivity index (χ2v) is 6.37. The van der Waals surface area contributed by atoms with Crippen molar-refractivity contribution in [2.24, 2.45) is 5.92 Å². The summed E-state index contributed by atoms with van der Waals surface area (Å²) in [5.74, 6) is 0.772. The Labute approximate surface area is 118 Å². The van der Waals surface area contributed by atoms with Crippen LogP contribution in [-0.2, 0) is 13.1 Å². The van der Waals surface area contributed by atoms with Gasteiger partial charge in [0.05, 0.1) is 10.7 Å². The fraction of sp³-hybridized carbons (Fsp3) is 0.571. The van der Waals surface area contributed by atoms with Gasteiger partial charge in [-0.25, -0.2) is 4.98 Å². The second kappa shape index (κ2) is 5.84. The molecule has 3 heterocycles. The lowest BCUT2D eigenvalue weighted by atomic mass is 9.97. The normalized spacial score (nSPS) is 17.9. The van der Waals surface area contributed by atoms with E-state index in [0.29, 0.717) is 0 Å². The predicted molar refractivity (Wildman–Crippen MR) is 77.1 cm³/mol. The Morgan fingerprint density at radius 1 is 1.37 bits per heavy atom. The van der Waals surface area contributed by atoms with Crippen LogP contribution in [0.25, 0.3) is 0 Å². The van der Waals surface area contributed by atoms with Gasteiger partial charge >= 0.3 is 0 Å². The minimum absolute atomic E-state index is 0.772. The molecule has 1 fully saturated rings. The van der Waals surface area contributed by atoms with Crippen LogP contribution in [0.4, 0.5) is 0 Å². The largest absolute Gasteiger partial charge is 0.297 e. The molecule has 0 aliphatic carbocycles. The predicted octanol–water partition coefficient (Wildman–Crippen LogP) is 2.56. The fourth-order valence-corrected chi connectivity index (χ4v) is 3.31. The van der Waals surface area contributed by atoms with E-state index < -0.39 is 0 Å². The number of thiazole rings is 1. The van der Waals surface area contributed by atoms with Gasteiger partial charge in [-0.15, -0.1) is 11.3 Å². The van der Waals surface area contributed by atoms with E-state index in [1.165, 1.54) is 36.6 Å². The van der Waals surface area contributed by atoms with Crippen molar-refractivity contribution in [1.82, 2.24) is 19.7 Å². The van der Waals surface area contributed by atoms with Gasteiger partial charge in [-0.3, -0.25) is 9.58 Å². The maximum Gasteiger partial charge on any atom is 0.0897 e. The summed E-state index contributed by atoms with van der Waals surface area (Å²) in [6, 6.07) is 2.00. The molecule has 3 rings (SSSR count). The third kappa shape index (κ3) is 3.42. The third-order valence-corrected chi connectivity index (χ3v) is 4.59. The molecule has 1 aliphatic rings. The Kier molecular flexibility index (Phi) is 3.94. The number of likely N-dealkylation sites (tertiary alicyclic amines) is 1. The lowest BCUT2D eigenvalue weighted by molar-refractivity contribution is 0.163. The van der Waals surface area contributed by atoms with Crippen molar-refractivity contribution < 1.29 is 0 Å². The van der Waals surface area contributed by atoms with Crippen LogP contribution in [-0.4, -0.2) is 32.8 Å². The van der Waals surface area contributed by atoms with Gasteiger partial charge in [-0.1, -0.05) is 0 Å². The summed E-state index contributed by atoms with van der Waals surface area (Å²) in [4.78, 5) is 7.07. The first-order chi connectivity index (χ1) is 9.29. The van der Waals surface area contributed by atoms with Crippen LogP contribution in [0.15, 0.2) is 23.8 Å². The van der Waals surface area contributed by atoms with Gasteiger partial charge in [0.15, 0.2) is 0 Å². The molecule has 5 heteroatoms. The minimum atomic E-state index is 0.772. The average molecular weight is 276 g/mol. The van der Waals surface area contributed by atoms with E-state index >= 15 is 0 Å². The van der Waals surface area contributed by atoms with Crippen molar-refractivity contribution in [3.63, 3.8) is 0 Å². The zero-order valence-electron chi connectivity index (χ0n) is 11.3. The number of piperidine rings is 1. The van der Waals surface area contributed by atoms with E-state index in [-0.39, 0.29) is 0 Å². The van der Waals surface area contributed by atoms with Crippen LogP contribution in [0.5, 0.6) is 0 Å². The summed E-state index contributed by atoms with van der Waals surface area (Å²) in [5, 5.41) is 7.65. The SMILES string of the molecule is Cc1nc(CN2CCC(Cn3cccn3)CC2)cs1. The summed E-state index contributed by atoms with van der Waals surface area (Å²) in [6.07, 6.45) is 6.45. The molecule has 0 saturated carbocycles. The van der Waals surface area contributed by atoms with Crippen molar-refractivity contribution in [1.29, 1.82) is 0 Å². The van der Waals surface area contributed by atoms with Crippen LogP contribution in [0.1, 0.15) is 23.5 Å². The highest BCUT2D eigenvalue weighted by molar-refractivity contribution is 7.09. The molecule has 0 radical (unpaired) electrons. The quantitative estimate of drug-likeness (QED) is 0.860.